The Morgan fingerprint density at radius 1 is 1.10 bits per heavy atom. The molecular weight excluding hydrogens is 384 g/mol. The minimum atomic E-state index is -0.0575. The maximum absolute atomic E-state index is 12.6. The molecule has 7 heteroatoms. The number of carbonyl (C=O) groups excluding carboxylic acids is 1. The Kier molecular flexibility index (Phi) is 6.93. The van der Waals surface area contributed by atoms with Gasteiger partial charge in [0.1, 0.15) is 11.6 Å². The summed E-state index contributed by atoms with van der Waals surface area (Å²) in [4.78, 5) is 12.6. The SMILES string of the molecule is CCOc1ccc(-n2c(C)nnc2SCC(=O)Nc2c(C)cccc2CC)cc1. The van der Waals surface area contributed by atoms with Gasteiger partial charge in [-0.15, -0.1) is 10.2 Å². The number of aromatic nitrogens is 3. The highest BCUT2D eigenvalue weighted by Crippen LogP contribution is 2.25. The number of nitrogens with zero attached hydrogens (tertiary/aromatic N) is 3. The Bertz CT molecular complexity index is 983. The Morgan fingerprint density at radius 3 is 2.55 bits per heavy atom. The van der Waals surface area contributed by atoms with Gasteiger partial charge >= 0.3 is 0 Å². The number of nitrogens with one attached hydrogen (secondary N) is 1. The molecule has 0 aliphatic rings. The molecule has 1 heterocycles. The van der Waals surface area contributed by atoms with E-state index in [1.54, 1.807) is 0 Å². The van der Waals surface area contributed by atoms with E-state index in [1.165, 1.54) is 11.8 Å². The lowest BCUT2D eigenvalue weighted by atomic mass is 10.1. The van der Waals surface area contributed by atoms with E-state index in [-0.39, 0.29) is 11.7 Å². The van der Waals surface area contributed by atoms with Gasteiger partial charge in [-0.2, -0.15) is 0 Å². The van der Waals surface area contributed by atoms with E-state index in [1.807, 2.05) is 67.8 Å². The maximum atomic E-state index is 12.6. The van der Waals surface area contributed by atoms with Gasteiger partial charge in [0.25, 0.3) is 0 Å². The van der Waals surface area contributed by atoms with E-state index in [2.05, 4.69) is 22.4 Å². The molecular formula is C22H26N4O2S. The predicted molar refractivity (Wildman–Crippen MR) is 117 cm³/mol. The van der Waals surface area contributed by atoms with Crippen LogP contribution in [-0.4, -0.2) is 33.0 Å². The first-order valence-corrected chi connectivity index (χ1v) is 10.7. The molecule has 0 aliphatic carbocycles. The van der Waals surface area contributed by atoms with Gasteiger partial charge in [-0.3, -0.25) is 9.36 Å². The van der Waals surface area contributed by atoms with Gasteiger partial charge in [-0.1, -0.05) is 36.9 Å². The van der Waals surface area contributed by atoms with Gasteiger partial charge in [0.05, 0.1) is 12.4 Å². The summed E-state index contributed by atoms with van der Waals surface area (Å²) >= 11 is 1.37. The van der Waals surface area contributed by atoms with E-state index in [9.17, 15) is 4.79 Å². The number of para-hydroxylation sites is 1. The van der Waals surface area contributed by atoms with E-state index >= 15 is 0 Å². The lowest BCUT2D eigenvalue weighted by Crippen LogP contribution is -2.16. The quantitative estimate of drug-likeness (QED) is 0.551. The maximum Gasteiger partial charge on any atom is 0.234 e. The monoisotopic (exact) mass is 410 g/mol. The van der Waals surface area contributed by atoms with Crippen LogP contribution in [0.25, 0.3) is 5.69 Å². The molecule has 6 nitrogen and oxygen atoms in total. The lowest BCUT2D eigenvalue weighted by molar-refractivity contribution is -0.113. The smallest absolute Gasteiger partial charge is 0.234 e. The van der Waals surface area contributed by atoms with Crippen LogP contribution in [0.1, 0.15) is 30.8 Å². The first kappa shape index (κ1) is 20.9. The predicted octanol–water partition coefficient (Wildman–Crippen LogP) is 4.58. The van der Waals surface area contributed by atoms with Gasteiger partial charge in [0.2, 0.25) is 5.91 Å². The molecule has 0 saturated carbocycles. The van der Waals surface area contributed by atoms with Crippen molar-refractivity contribution in [2.24, 2.45) is 0 Å². The Morgan fingerprint density at radius 2 is 1.86 bits per heavy atom. The molecule has 0 aliphatic heterocycles. The summed E-state index contributed by atoms with van der Waals surface area (Å²) in [6.07, 6.45) is 0.871. The first-order valence-electron chi connectivity index (χ1n) is 9.69. The number of benzene rings is 2. The fraction of sp³-hybridized carbons (Fsp3) is 0.318. The number of hydrogen-bond acceptors (Lipinski definition) is 5. The number of amides is 1. The Hall–Kier alpha value is -2.80. The topological polar surface area (TPSA) is 69.0 Å². The summed E-state index contributed by atoms with van der Waals surface area (Å²) in [6, 6.07) is 13.8. The fourth-order valence-corrected chi connectivity index (χ4v) is 3.90. The molecule has 2 aromatic carbocycles. The zero-order valence-corrected chi connectivity index (χ0v) is 18.0. The molecule has 0 fully saturated rings. The summed E-state index contributed by atoms with van der Waals surface area (Å²) in [5, 5.41) is 12.2. The number of thioether (sulfide) groups is 1. The zero-order valence-electron chi connectivity index (χ0n) is 17.2. The van der Waals surface area contributed by atoms with Crippen LogP contribution in [0.3, 0.4) is 0 Å². The van der Waals surface area contributed by atoms with E-state index in [0.717, 1.165) is 40.5 Å². The largest absolute Gasteiger partial charge is 0.494 e. The normalized spacial score (nSPS) is 10.8. The molecule has 29 heavy (non-hydrogen) atoms. The van der Waals surface area contributed by atoms with Gasteiger partial charge in [0, 0.05) is 11.4 Å². The molecule has 0 unspecified atom stereocenters. The van der Waals surface area contributed by atoms with Gasteiger partial charge in [-0.25, -0.2) is 0 Å². The van der Waals surface area contributed by atoms with Crippen LogP contribution < -0.4 is 10.1 Å². The van der Waals surface area contributed by atoms with Crippen LogP contribution in [0.5, 0.6) is 5.75 Å². The number of anilines is 1. The molecule has 0 spiro atoms. The number of carbonyl (C=O) groups is 1. The second kappa shape index (κ2) is 9.60. The Balaban J connectivity index is 1.71. The summed E-state index contributed by atoms with van der Waals surface area (Å²) in [6.45, 7) is 8.57. The fourth-order valence-electron chi connectivity index (χ4n) is 3.10. The van der Waals surface area contributed by atoms with Crippen molar-refractivity contribution in [1.82, 2.24) is 14.8 Å². The van der Waals surface area contributed by atoms with E-state index in [0.29, 0.717) is 11.8 Å². The molecule has 1 amide bonds. The Labute approximate surface area is 175 Å². The second-order valence-electron chi connectivity index (χ2n) is 6.59. The van der Waals surface area contributed by atoms with Gasteiger partial charge in [-0.05, 0) is 62.6 Å². The molecule has 0 saturated heterocycles. The lowest BCUT2D eigenvalue weighted by Gasteiger charge is -2.13. The van der Waals surface area contributed by atoms with Crippen molar-refractivity contribution < 1.29 is 9.53 Å². The van der Waals surface area contributed by atoms with Crippen molar-refractivity contribution in [3.8, 4) is 11.4 Å². The standard InChI is InChI=1S/C22H26N4O2S/c1-5-17-9-7-8-15(3)21(17)23-20(27)14-29-22-25-24-16(4)26(22)18-10-12-19(13-11-18)28-6-2/h7-13H,5-6,14H2,1-4H3,(H,23,27). The van der Waals surface area contributed by atoms with Crippen LogP contribution >= 0.6 is 11.8 Å². The minimum absolute atomic E-state index is 0.0575. The van der Waals surface area contributed by atoms with Crippen molar-refractivity contribution in [1.29, 1.82) is 0 Å². The number of ether oxygens (including phenoxy) is 1. The molecule has 3 rings (SSSR count). The molecule has 3 aromatic rings. The van der Waals surface area contributed by atoms with E-state index in [4.69, 9.17) is 4.74 Å². The number of hydrogen-bond donors (Lipinski definition) is 1. The number of rotatable bonds is 8. The third-order valence-corrected chi connectivity index (χ3v) is 5.47. The van der Waals surface area contributed by atoms with Crippen LogP contribution in [-0.2, 0) is 11.2 Å². The molecule has 152 valence electrons. The van der Waals surface area contributed by atoms with Gasteiger partial charge in [0.15, 0.2) is 5.16 Å². The number of aryl methyl sites for hydroxylation is 3. The van der Waals surface area contributed by atoms with Gasteiger partial charge < -0.3 is 10.1 Å². The first-order chi connectivity index (χ1) is 14.0. The van der Waals surface area contributed by atoms with Crippen LogP contribution in [0.15, 0.2) is 47.6 Å². The third-order valence-electron chi connectivity index (χ3n) is 4.54. The second-order valence-corrected chi connectivity index (χ2v) is 7.53. The minimum Gasteiger partial charge on any atom is -0.494 e. The molecule has 0 atom stereocenters. The highest BCUT2D eigenvalue weighted by Gasteiger charge is 2.15. The highest BCUT2D eigenvalue weighted by molar-refractivity contribution is 7.99. The molecule has 1 aromatic heterocycles. The van der Waals surface area contributed by atoms with Crippen molar-refractivity contribution in [2.75, 3.05) is 17.7 Å². The average Bonchev–Trinajstić information content (AvgIpc) is 3.09. The van der Waals surface area contributed by atoms with Crippen LogP contribution in [0.2, 0.25) is 0 Å². The summed E-state index contributed by atoms with van der Waals surface area (Å²) in [7, 11) is 0. The molecule has 0 radical (unpaired) electrons. The van der Waals surface area contributed by atoms with Crippen LogP contribution in [0.4, 0.5) is 5.69 Å². The van der Waals surface area contributed by atoms with Crippen LogP contribution in [0, 0.1) is 13.8 Å². The summed E-state index contributed by atoms with van der Waals surface area (Å²) in [5.41, 5.74) is 4.05. The van der Waals surface area contributed by atoms with E-state index < -0.39 is 0 Å². The molecule has 0 bridgehead atoms. The zero-order chi connectivity index (χ0) is 20.8. The van der Waals surface area contributed by atoms with Crippen molar-refractivity contribution in [2.45, 2.75) is 39.3 Å². The summed E-state index contributed by atoms with van der Waals surface area (Å²) < 4.78 is 7.45. The summed E-state index contributed by atoms with van der Waals surface area (Å²) in [5.74, 6) is 1.79. The van der Waals surface area contributed by atoms with Crippen molar-refractivity contribution >= 4 is 23.4 Å². The molecule has 1 N–H and O–H groups in total. The van der Waals surface area contributed by atoms with Crippen molar-refractivity contribution in [3.63, 3.8) is 0 Å². The highest BCUT2D eigenvalue weighted by atomic mass is 32.2. The van der Waals surface area contributed by atoms with Crippen molar-refractivity contribution in [3.05, 3.63) is 59.4 Å². The average molecular weight is 411 g/mol. The third kappa shape index (κ3) is 4.98.